The van der Waals surface area contributed by atoms with E-state index in [0.29, 0.717) is 24.3 Å². The molecule has 0 spiro atoms. The van der Waals surface area contributed by atoms with Gasteiger partial charge in [0.25, 0.3) is 0 Å². The number of rotatable bonds is 19. The lowest BCUT2D eigenvalue weighted by molar-refractivity contribution is -0.150. The Balaban J connectivity index is 1.49. The molecule has 0 saturated carbocycles. The minimum atomic E-state index is -4.33. The molecule has 2 aliphatic heterocycles. The number of sulfonamides is 1. The van der Waals surface area contributed by atoms with Crippen LogP contribution in [0, 0.1) is 11.8 Å². The van der Waals surface area contributed by atoms with Gasteiger partial charge >= 0.3 is 19.7 Å². The molecule has 4 rings (SSSR count). The van der Waals surface area contributed by atoms with E-state index in [9.17, 15) is 32.6 Å². The Bertz CT molecular complexity index is 1630. The van der Waals surface area contributed by atoms with E-state index in [1.807, 2.05) is 13.8 Å². The maximum absolute atomic E-state index is 13.8. The van der Waals surface area contributed by atoms with Crippen LogP contribution in [0.5, 0.6) is 11.5 Å². The van der Waals surface area contributed by atoms with Crippen molar-refractivity contribution in [1.29, 1.82) is 0 Å². The van der Waals surface area contributed by atoms with E-state index in [1.54, 1.807) is 19.1 Å². The molecule has 1 unspecified atom stereocenters. The number of alkyl carbamates (subject to hydrolysis) is 1. The van der Waals surface area contributed by atoms with Crippen LogP contribution in [-0.4, -0.2) is 112 Å². The average molecular weight is 773 g/mol. The Morgan fingerprint density at radius 3 is 2.35 bits per heavy atom. The maximum atomic E-state index is 13.8. The second-order valence-electron chi connectivity index (χ2n) is 12.9. The number of hydrogen-bond donors (Lipinski definition) is 3. The van der Waals surface area contributed by atoms with E-state index >= 15 is 0 Å². The van der Waals surface area contributed by atoms with E-state index < -0.39 is 66.7 Å². The van der Waals surface area contributed by atoms with E-state index in [1.165, 1.54) is 54.7 Å². The van der Waals surface area contributed by atoms with Gasteiger partial charge in [-0.05, 0) is 74.6 Å². The van der Waals surface area contributed by atoms with Crippen molar-refractivity contribution < 1.29 is 65.5 Å². The summed E-state index contributed by atoms with van der Waals surface area (Å²) in [5, 5.41) is 14.3. The smallest absolute Gasteiger partial charge is 0.407 e. The Morgan fingerprint density at radius 1 is 1.04 bits per heavy atom. The van der Waals surface area contributed by atoms with Crippen molar-refractivity contribution in [2.45, 2.75) is 76.1 Å². The number of nitrogens with zero attached hydrogens (tertiary/aromatic N) is 1. The summed E-state index contributed by atoms with van der Waals surface area (Å²) in [4.78, 5) is 35.2. The van der Waals surface area contributed by atoms with Gasteiger partial charge in [0.05, 0.1) is 49.9 Å². The number of aliphatic hydroxyl groups is 1. The van der Waals surface area contributed by atoms with Gasteiger partial charge in [-0.2, -0.15) is 4.31 Å². The highest BCUT2D eigenvalue weighted by molar-refractivity contribution is 7.89. The summed E-state index contributed by atoms with van der Waals surface area (Å²) < 4.78 is 78.4. The van der Waals surface area contributed by atoms with Gasteiger partial charge in [0.1, 0.15) is 17.6 Å². The Hall–Kier alpha value is -3.28. The number of esters is 1. The van der Waals surface area contributed by atoms with Gasteiger partial charge in [0, 0.05) is 13.1 Å². The van der Waals surface area contributed by atoms with Crippen LogP contribution in [0.1, 0.15) is 39.7 Å². The minimum Gasteiger partial charge on any atom is -0.497 e. The Labute approximate surface area is 304 Å². The van der Waals surface area contributed by atoms with Gasteiger partial charge in [-0.25, -0.2) is 18.0 Å². The molecule has 0 aliphatic carbocycles. The highest BCUT2D eigenvalue weighted by Gasteiger charge is 2.44. The van der Waals surface area contributed by atoms with Gasteiger partial charge in [0.15, 0.2) is 18.7 Å². The van der Waals surface area contributed by atoms with E-state index in [-0.39, 0.29) is 55.2 Å². The maximum Gasteiger partial charge on any atom is 0.407 e. The second-order valence-corrected chi connectivity index (χ2v) is 16.6. The molecular weight excluding hydrogens is 723 g/mol. The first-order chi connectivity index (χ1) is 24.6. The molecule has 0 aromatic heterocycles. The van der Waals surface area contributed by atoms with Crippen molar-refractivity contribution in [3.63, 3.8) is 0 Å². The lowest BCUT2D eigenvalue weighted by atomic mass is 10.0. The summed E-state index contributed by atoms with van der Waals surface area (Å²) in [6, 6.07) is 11.2. The first-order valence-electron chi connectivity index (χ1n) is 17.0. The van der Waals surface area contributed by atoms with Crippen molar-refractivity contribution in [1.82, 2.24) is 9.62 Å². The molecule has 2 aromatic rings. The molecular formula is C34H49N2O14PS. The van der Waals surface area contributed by atoms with Gasteiger partial charge < -0.3 is 43.7 Å². The zero-order chi connectivity index (χ0) is 38.1. The zero-order valence-electron chi connectivity index (χ0n) is 29.9. The predicted octanol–water partition coefficient (Wildman–Crippen LogP) is 3.29. The largest absolute Gasteiger partial charge is 0.497 e. The van der Waals surface area contributed by atoms with Crippen molar-refractivity contribution in [3.05, 3.63) is 54.1 Å². The minimum absolute atomic E-state index is 0.0170. The molecule has 2 aromatic carbocycles. The van der Waals surface area contributed by atoms with E-state index in [0.717, 1.165) is 0 Å². The second kappa shape index (κ2) is 18.7. The molecule has 0 bridgehead atoms. The summed E-state index contributed by atoms with van der Waals surface area (Å²) in [6.45, 7) is 7.08. The number of ether oxygens (including phenoxy) is 6. The number of carbonyl (C=O) groups is 2. The third-order valence-corrected chi connectivity index (χ3v) is 11.3. The van der Waals surface area contributed by atoms with E-state index in [4.69, 9.17) is 32.9 Å². The molecule has 52 heavy (non-hydrogen) atoms. The molecule has 18 heteroatoms. The number of amides is 1. The highest BCUT2D eigenvalue weighted by atomic mass is 32.2. The fraction of sp³-hybridized carbons (Fsp3) is 0.588. The summed E-state index contributed by atoms with van der Waals surface area (Å²) in [6.07, 6.45) is -4.51. The fourth-order valence-electron chi connectivity index (χ4n) is 5.78. The van der Waals surface area contributed by atoms with Crippen LogP contribution in [-0.2, 0) is 49.3 Å². The summed E-state index contributed by atoms with van der Waals surface area (Å²) in [5.74, 6) is -0.307. The molecule has 2 heterocycles. The number of methoxy groups -OCH3 is 1. The van der Waals surface area contributed by atoms with Gasteiger partial charge in [-0.1, -0.05) is 26.0 Å². The van der Waals surface area contributed by atoms with Crippen LogP contribution < -0.4 is 14.8 Å². The van der Waals surface area contributed by atoms with Gasteiger partial charge in [-0.3, -0.25) is 9.09 Å². The fourth-order valence-corrected chi connectivity index (χ4v) is 8.35. The average Bonchev–Trinajstić information content (AvgIpc) is 3.72. The van der Waals surface area contributed by atoms with Crippen molar-refractivity contribution in [2.75, 3.05) is 46.4 Å². The van der Waals surface area contributed by atoms with Crippen LogP contribution >= 0.6 is 7.60 Å². The molecule has 16 nitrogen and oxygen atoms in total. The summed E-state index contributed by atoms with van der Waals surface area (Å²) in [7, 11) is -6.93. The molecule has 1 amide bonds. The first-order valence-corrected chi connectivity index (χ1v) is 20.2. The number of benzene rings is 2. The molecule has 3 N–H and O–H groups in total. The van der Waals surface area contributed by atoms with Crippen LogP contribution in [0.2, 0.25) is 0 Å². The number of carbonyl (C=O) groups excluding carboxylic acids is 2. The van der Waals surface area contributed by atoms with E-state index in [2.05, 4.69) is 5.32 Å². The molecule has 2 saturated heterocycles. The van der Waals surface area contributed by atoms with Crippen LogP contribution in [0.4, 0.5) is 4.79 Å². The van der Waals surface area contributed by atoms with Crippen molar-refractivity contribution >= 4 is 29.7 Å². The highest BCUT2D eigenvalue weighted by Crippen LogP contribution is 2.43. The quantitative estimate of drug-likeness (QED) is 0.139. The predicted molar refractivity (Wildman–Crippen MR) is 186 cm³/mol. The molecule has 2 aliphatic rings. The Morgan fingerprint density at radius 2 is 1.71 bits per heavy atom. The standard InChI is InChI=1S/C34H49N2O14PS/c1-6-45-32(38)23(4)50-51(40,41)21-48-26-9-7-24(8-10-26)17-29(35-34(39)49-31-20-47-33-28(31)15-16-46-33)30(37)19-36(18-22(2)3)52(42,43)27-13-11-25(44-5)12-14-27/h7-14,22-23,28-31,33,37H,6,15-21H2,1-5H3,(H,35,39)(H,40,41)/t23-,28-,29-,30+,31-,33+/m0/s1. The normalized spacial score (nSPS) is 21.5. The van der Waals surface area contributed by atoms with Gasteiger partial charge in [-0.15, -0.1) is 0 Å². The van der Waals surface area contributed by atoms with Crippen LogP contribution in [0.3, 0.4) is 0 Å². The Kier molecular flexibility index (Phi) is 14.9. The van der Waals surface area contributed by atoms with Crippen LogP contribution in [0.15, 0.2) is 53.4 Å². The molecule has 7 atom stereocenters. The summed E-state index contributed by atoms with van der Waals surface area (Å²) in [5.41, 5.74) is 0.609. The number of aliphatic hydroxyl groups excluding tert-OH is 1. The molecule has 0 radical (unpaired) electrons. The number of fused-ring (bicyclic) bond motifs is 1. The molecule has 290 valence electrons. The topological polar surface area (TPSA) is 206 Å². The molecule has 2 fully saturated rings. The van der Waals surface area contributed by atoms with Gasteiger partial charge in [0.2, 0.25) is 10.0 Å². The first kappa shape index (κ1) is 41.5. The number of hydrogen-bond acceptors (Lipinski definition) is 13. The lowest BCUT2D eigenvalue weighted by Gasteiger charge is -2.31. The lowest BCUT2D eigenvalue weighted by Crippen LogP contribution is -2.51. The van der Waals surface area contributed by atoms with Crippen LogP contribution in [0.25, 0.3) is 0 Å². The van der Waals surface area contributed by atoms with Crippen molar-refractivity contribution in [2.24, 2.45) is 11.8 Å². The zero-order valence-corrected chi connectivity index (χ0v) is 31.6. The third kappa shape index (κ3) is 11.6. The number of nitrogens with one attached hydrogen (secondary N) is 1. The summed E-state index contributed by atoms with van der Waals surface area (Å²) >= 11 is 0. The third-order valence-electron chi connectivity index (χ3n) is 8.38. The van der Waals surface area contributed by atoms with Crippen molar-refractivity contribution in [3.8, 4) is 11.5 Å². The monoisotopic (exact) mass is 772 g/mol. The SMILES string of the molecule is CCOC(=O)[C@H](C)OP(=O)(O)COc1ccc(C[C@H](NC(=O)O[C@H]2CO[C@H]3OCC[C@H]32)[C@H](O)CN(CC(C)C)S(=O)(=O)c2ccc(OC)cc2)cc1.